The number of anilines is 2. The maximum Gasteiger partial charge on any atom is 0.258 e. The Morgan fingerprint density at radius 3 is 2.39 bits per heavy atom. The lowest BCUT2D eigenvalue weighted by Gasteiger charge is -2.35. The second-order valence-electron chi connectivity index (χ2n) is 7.52. The number of amides is 1. The van der Waals surface area contributed by atoms with Gasteiger partial charge in [0.2, 0.25) is 10.0 Å². The molecule has 1 amide bonds. The van der Waals surface area contributed by atoms with Crippen LogP contribution in [0.3, 0.4) is 0 Å². The molecule has 168 valence electrons. The standard InChI is InChI=1S/C22H29FN4O3S/c1-4-24-31(29,30)18-7-8-20(23)19(15-18)22(28)25-21-9-6-17(14-16(21)3)27-12-10-26(5-2)11-13-27/h6-9,14-15,24H,4-5,10-13H2,1-3H3,(H,25,28). The molecule has 0 spiro atoms. The lowest BCUT2D eigenvalue weighted by molar-refractivity contribution is 0.102. The van der Waals surface area contributed by atoms with Crippen LogP contribution in [0.15, 0.2) is 41.3 Å². The van der Waals surface area contributed by atoms with Gasteiger partial charge in [-0.15, -0.1) is 0 Å². The number of carbonyl (C=O) groups is 1. The number of piperazine rings is 1. The molecule has 0 aliphatic carbocycles. The molecule has 2 aromatic rings. The van der Waals surface area contributed by atoms with Crippen molar-refractivity contribution < 1.29 is 17.6 Å². The fraction of sp³-hybridized carbons (Fsp3) is 0.409. The van der Waals surface area contributed by atoms with Crippen molar-refractivity contribution in [3.63, 3.8) is 0 Å². The SMILES string of the molecule is CCNS(=O)(=O)c1ccc(F)c(C(=O)Nc2ccc(N3CCN(CC)CC3)cc2C)c1. The Bertz CT molecular complexity index is 1050. The second kappa shape index (κ2) is 9.76. The number of aryl methyl sites for hydroxylation is 1. The van der Waals surface area contributed by atoms with Gasteiger partial charge in [0.15, 0.2) is 0 Å². The maximum absolute atomic E-state index is 14.3. The summed E-state index contributed by atoms with van der Waals surface area (Å²) in [7, 11) is -3.79. The molecule has 1 aliphatic heterocycles. The topological polar surface area (TPSA) is 81.7 Å². The first-order chi connectivity index (χ1) is 14.7. The lowest BCUT2D eigenvalue weighted by atomic mass is 10.1. The Morgan fingerprint density at radius 1 is 1.06 bits per heavy atom. The zero-order valence-electron chi connectivity index (χ0n) is 18.1. The quantitative estimate of drug-likeness (QED) is 0.681. The monoisotopic (exact) mass is 448 g/mol. The number of benzene rings is 2. The number of carbonyl (C=O) groups excluding carboxylic acids is 1. The first-order valence-electron chi connectivity index (χ1n) is 10.4. The summed E-state index contributed by atoms with van der Waals surface area (Å²) in [5, 5.41) is 2.70. The molecule has 2 N–H and O–H groups in total. The van der Waals surface area contributed by atoms with Crippen LogP contribution in [-0.4, -0.2) is 58.5 Å². The van der Waals surface area contributed by atoms with Gasteiger partial charge in [-0.1, -0.05) is 13.8 Å². The number of rotatable bonds is 7. The largest absolute Gasteiger partial charge is 0.369 e. The van der Waals surface area contributed by atoms with Crippen molar-refractivity contribution in [2.24, 2.45) is 0 Å². The molecular formula is C22H29FN4O3S. The van der Waals surface area contributed by atoms with E-state index in [1.165, 1.54) is 0 Å². The van der Waals surface area contributed by atoms with Gasteiger partial charge in [-0.3, -0.25) is 4.79 Å². The molecule has 0 unspecified atom stereocenters. The molecule has 1 fully saturated rings. The molecule has 0 radical (unpaired) electrons. The molecular weight excluding hydrogens is 419 g/mol. The molecule has 0 saturated carbocycles. The number of hydrogen-bond donors (Lipinski definition) is 2. The number of sulfonamides is 1. The Kier molecular flexibility index (Phi) is 7.30. The van der Waals surface area contributed by atoms with Gasteiger partial charge in [-0.05, 0) is 55.4 Å². The van der Waals surface area contributed by atoms with Gasteiger partial charge in [0.1, 0.15) is 5.82 Å². The molecule has 7 nitrogen and oxygen atoms in total. The van der Waals surface area contributed by atoms with Gasteiger partial charge in [0, 0.05) is 44.1 Å². The first-order valence-corrected chi connectivity index (χ1v) is 11.9. The molecule has 2 aromatic carbocycles. The van der Waals surface area contributed by atoms with Crippen LogP contribution in [0.5, 0.6) is 0 Å². The summed E-state index contributed by atoms with van der Waals surface area (Å²) in [4.78, 5) is 17.2. The fourth-order valence-corrected chi connectivity index (χ4v) is 4.68. The number of nitrogens with one attached hydrogen (secondary N) is 2. The fourth-order valence-electron chi connectivity index (χ4n) is 3.62. The smallest absolute Gasteiger partial charge is 0.258 e. The van der Waals surface area contributed by atoms with E-state index in [-0.39, 0.29) is 17.0 Å². The van der Waals surface area contributed by atoms with Crippen LogP contribution in [0.25, 0.3) is 0 Å². The van der Waals surface area contributed by atoms with Crippen LogP contribution < -0.4 is 14.9 Å². The van der Waals surface area contributed by atoms with E-state index in [4.69, 9.17) is 0 Å². The van der Waals surface area contributed by atoms with Gasteiger partial charge in [0.25, 0.3) is 5.91 Å². The number of halogens is 1. The average molecular weight is 449 g/mol. The third kappa shape index (κ3) is 5.41. The van der Waals surface area contributed by atoms with E-state index in [0.717, 1.165) is 62.2 Å². The predicted molar refractivity (Wildman–Crippen MR) is 121 cm³/mol. The molecule has 1 aliphatic rings. The van der Waals surface area contributed by atoms with Crippen molar-refractivity contribution in [3.8, 4) is 0 Å². The van der Waals surface area contributed by atoms with Crippen molar-refractivity contribution in [2.45, 2.75) is 25.7 Å². The molecule has 9 heteroatoms. The Labute approximate surface area is 183 Å². The summed E-state index contributed by atoms with van der Waals surface area (Å²) >= 11 is 0. The molecule has 0 atom stereocenters. The molecule has 3 rings (SSSR count). The second-order valence-corrected chi connectivity index (χ2v) is 9.28. The minimum Gasteiger partial charge on any atom is -0.369 e. The summed E-state index contributed by atoms with van der Waals surface area (Å²) in [5.74, 6) is -1.48. The van der Waals surface area contributed by atoms with E-state index in [1.807, 2.05) is 19.1 Å². The summed E-state index contributed by atoms with van der Waals surface area (Å²) in [6.45, 7) is 10.8. The van der Waals surface area contributed by atoms with Crippen molar-refractivity contribution >= 4 is 27.3 Å². The van der Waals surface area contributed by atoms with Gasteiger partial charge in [-0.2, -0.15) is 0 Å². The highest BCUT2D eigenvalue weighted by Gasteiger charge is 2.20. The maximum atomic E-state index is 14.3. The van der Waals surface area contributed by atoms with E-state index in [9.17, 15) is 17.6 Å². The van der Waals surface area contributed by atoms with Gasteiger partial charge in [0.05, 0.1) is 10.5 Å². The minimum absolute atomic E-state index is 0.154. The van der Waals surface area contributed by atoms with Gasteiger partial charge < -0.3 is 15.1 Å². The highest BCUT2D eigenvalue weighted by Crippen LogP contribution is 2.25. The molecule has 1 heterocycles. The van der Waals surface area contributed by atoms with Crippen LogP contribution in [0.4, 0.5) is 15.8 Å². The third-order valence-corrected chi connectivity index (χ3v) is 7.01. The zero-order valence-corrected chi connectivity index (χ0v) is 18.9. The molecule has 0 bridgehead atoms. The van der Waals surface area contributed by atoms with Crippen LogP contribution in [0.1, 0.15) is 29.8 Å². The minimum atomic E-state index is -3.79. The zero-order chi connectivity index (χ0) is 22.6. The van der Waals surface area contributed by atoms with Crippen molar-refractivity contribution in [3.05, 3.63) is 53.3 Å². The third-order valence-electron chi connectivity index (χ3n) is 5.47. The summed E-state index contributed by atoms with van der Waals surface area (Å²) in [6, 6.07) is 8.92. The van der Waals surface area contributed by atoms with Crippen LogP contribution in [-0.2, 0) is 10.0 Å². The summed E-state index contributed by atoms with van der Waals surface area (Å²) in [5.41, 5.74) is 2.16. The first kappa shape index (κ1) is 23.2. The van der Waals surface area contributed by atoms with E-state index >= 15 is 0 Å². The van der Waals surface area contributed by atoms with E-state index in [0.29, 0.717) is 5.69 Å². The Hall–Kier alpha value is -2.49. The Morgan fingerprint density at radius 2 is 1.77 bits per heavy atom. The molecule has 1 saturated heterocycles. The van der Waals surface area contributed by atoms with Crippen LogP contribution in [0, 0.1) is 12.7 Å². The number of hydrogen-bond acceptors (Lipinski definition) is 5. The van der Waals surface area contributed by atoms with E-state index in [1.54, 1.807) is 13.0 Å². The molecule has 31 heavy (non-hydrogen) atoms. The van der Waals surface area contributed by atoms with Crippen molar-refractivity contribution in [2.75, 3.05) is 49.5 Å². The lowest BCUT2D eigenvalue weighted by Crippen LogP contribution is -2.46. The number of likely N-dealkylation sites (N-methyl/N-ethyl adjacent to an activating group) is 1. The van der Waals surface area contributed by atoms with E-state index in [2.05, 4.69) is 26.8 Å². The predicted octanol–water partition coefficient (Wildman–Crippen LogP) is 2.83. The highest BCUT2D eigenvalue weighted by molar-refractivity contribution is 7.89. The normalized spacial score (nSPS) is 15.2. The highest BCUT2D eigenvalue weighted by atomic mass is 32.2. The average Bonchev–Trinajstić information content (AvgIpc) is 2.75. The van der Waals surface area contributed by atoms with Crippen molar-refractivity contribution in [1.82, 2.24) is 9.62 Å². The molecule has 0 aromatic heterocycles. The summed E-state index contributed by atoms with van der Waals surface area (Å²) in [6.07, 6.45) is 0. The van der Waals surface area contributed by atoms with Crippen molar-refractivity contribution in [1.29, 1.82) is 0 Å². The number of nitrogens with zero attached hydrogens (tertiary/aromatic N) is 2. The van der Waals surface area contributed by atoms with Gasteiger partial charge >= 0.3 is 0 Å². The van der Waals surface area contributed by atoms with Crippen LogP contribution >= 0.6 is 0 Å². The van der Waals surface area contributed by atoms with E-state index < -0.39 is 21.7 Å². The van der Waals surface area contributed by atoms with Gasteiger partial charge in [-0.25, -0.2) is 17.5 Å². The van der Waals surface area contributed by atoms with Crippen LogP contribution in [0.2, 0.25) is 0 Å². The summed E-state index contributed by atoms with van der Waals surface area (Å²) < 4.78 is 41.0. The Balaban J connectivity index is 1.76.